The number of pyridine rings is 1. The molecule has 2 nitrogen and oxygen atoms in total. The van der Waals surface area contributed by atoms with E-state index < -0.39 is 12.6 Å². The van der Waals surface area contributed by atoms with E-state index in [0.717, 1.165) is 0 Å². The predicted molar refractivity (Wildman–Crippen MR) is 52.6 cm³/mol. The maximum absolute atomic E-state index is 11.8. The molecule has 0 aromatic carbocycles. The number of hydrogen-bond donors (Lipinski definition) is 1. The van der Waals surface area contributed by atoms with E-state index in [-0.39, 0.29) is 6.42 Å². The Morgan fingerprint density at radius 1 is 1.20 bits per heavy atom. The fraction of sp³-hybridized carbons (Fsp3) is 0.500. The molecule has 0 atom stereocenters. The summed E-state index contributed by atoms with van der Waals surface area (Å²) < 4.78 is 35.3. The number of aromatic nitrogens is 1. The fourth-order valence-corrected chi connectivity index (χ4v) is 1.13. The van der Waals surface area contributed by atoms with Gasteiger partial charge in [-0.25, -0.2) is 4.98 Å². The summed E-state index contributed by atoms with van der Waals surface area (Å²) in [6.45, 7) is 0.521. The van der Waals surface area contributed by atoms with E-state index in [0.29, 0.717) is 18.8 Å². The maximum atomic E-state index is 11.8. The summed E-state index contributed by atoms with van der Waals surface area (Å²) in [4.78, 5) is 3.99. The fourth-order valence-electron chi connectivity index (χ4n) is 1.13. The van der Waals surface area contributed by atoms with Crippen molar-refractivity contribution in [1.29, 1.82) is 0 Å². The van der Waals surface area contributed by atoms with Gasteiger partial charge in [0.2, 0.25) is 0 Å². The first-order chi connectivity index (χ1) is 7.08. The first-order valence-corrected chi connectivity index (χ1v) is 4.79. The number of halogens is 3. The minimum atomic E-state index is -4.04. The van der Waals surface area contributed by atoms with Gasteiger partial charge in [-0.05, 0) is 25.0 Å². The van der Waals surface area contributed by atoms with Gasteiger partial charge in [-0.15, -0.1) is 0 Å². The highest BCUT2D eigenvalue weighted by atomic mass is 19.4. The average Bonchev–Trinajstić information content (AvgIpc) is 2.17. The second-order valence-corrected chi connectivity index (χ2v) is 3.21. The van der Waals surface area contributed by atoms with E-state index >= 15 is 0 Å². The smallest absolute Gasteiger partial charge is 0.370 e. The molecule has 0 amide bonds. The average molecular weight is 218 g/mol. The number of hydrogen-bond acceptors (Lipinski definition) is 2. The van der Waals surface area contributed by atoms with E-state index in [1.54, 1.807) is 18.3 Å². The lowest BCUT2D eigenvalue weighted by molar-refractivity contribution is -0.135. The van der Waals surface area contributed by atoms with Crippen LogP contribution in [0.5, 0.6) is 0 Å². The summed E-state index contributed by atoms with van der Waals surface area (Å²) in [6.07, 6.45) is -2.46. The molecule has 0 fully saturated rings. The molecule has 0 aliphatic rings. The zero-order valence-electron chi connectivity index (χ0n) is 8.22. The Morgan fingerprint density at radius 3 is 2.60 bits per heavy atom. The van der Waals surface area contributed by atoms with Gasteiger partial charge in [0.1, 0.15) is 5.82 Å². The predicted octanol–water partition coefficient (Wildman–Crippen LogP) is 3.23. The highest BCUT2D eigenvalue weighted by molar-refractivity contribution is 5.32. The Morgan fingerprint density at radius 2 is 2.00 bits per heavy atom. The third kappa shape index (κ3) is 5.93. The van der Waals surface area contributed by atoms with Crippen LogP contribution >= 0.6 is 0 Å². The molecule has 5 heteroatoms. The van der Waals surface area contributed by atoms with E-state index in [4.69, 9.17) is 0 Å². The highest BCUT2D eigenvalue weighted by Gasteiger charge is 2.25. The molecule has 15 heavy (non-hydrogen) atoms. The van der Waals surface area contributed by atoms with E-state index in [9.17, 15) is 13.2 Å². The maximum Gasteiger partial charge on any atom is 0.389 e. The van der Waals surface area contributed by atoms with Crippen LogP contribution in [0, 0.1) is 0 Å². The summed E-state index contributed by atoms with van der Waals surface area (Å²) >= 11 is 0. The molecule has 1 aromatic heterocycles. The largest absolute Gasteiger partial charge is 0.389 e. The van der Waals surface area contributed by atoms with Gasteiger partial charge in [-0.2, -0.15) is 13.2 Å². The third-order valence-electron chi connectivity index (χ3n) is 1.86. The molecule has 0 unspecified atom stereocenters. The molecule has 0 saturated carbocycles. The Hall–Kier alpha value is -1.26. The van der Waals surface area contributed by atoms with Gasteiger partial charge in [-0.1, -0.05) is 6.07 Å². The molecular formula is C10H13F3N2. The van der Waals surface area contributed by atoms with Gasteiger partial charge >= 0.3 is 6.18 Å². The zero-order valence-corrected chi connectivity index (χ0v) is 8.22. The van der Waals surface area contributed by atoms with Crippen LogP contribution in [0.2, 0.25) is 0 Å². The van der Waals surface area contributed by atoms with Gasteiger partial charge in [0.15, 0.2) is 0 Å². The number of unbranched alkanes of at least 4 members (excludes halogenated alkanes) is 1. The molecule has 0 spiro atoms. The Labute approximate surface area is 86.5 Å². The number of rotatable bonds is 5. The van der Waals surface area contributed by atoms with E-state index in [1.165, 1.54) is 0 Å². The van der Waals surface area contributed by atoms with Crippen molar-refractivity contribution in [2.24, 2.45) is 0 Å². The van der Waals surface area contributed by atoms with Crippen molar-refractivity contribution < 1.29 is 13.2 Å². The molecule has 1 heterocycles. The summed E-state index contributed by atoms with van der Waals surface area (Å²) in [5.74, 6) is 0.699. The second kappa shape index (κ2) is 5.58. The Kier molecular flexibility index (Phi) is 4.39. The Balaban J connectivity index is 2.08. The molecule has 0 radical (unpaired) electrons. The van der Waals surface area contributed by atoms with Crippen molar-refractivity contribution in [3.8, 4) is 0 Å². The second-order valence-electron chi connectivity index (χ2n) is 3.21. The molecule has 0 bridgehead atoms. The molecule has 1 N–H and O–H groups in total. The monoisotopic (exact) mass is 218 g/mol. The van der Waals surface area contributed by atoms with Gasteiger partial charge in [0.05, 0.1) is 0 Å². The van der Waals surface area contributed by atoms with E-state index in [1.807, 2.05) is 6.07 Å². The van der Waals surface area contributed by atoms with Crippen LogP contribution in [-0.4, -0.2) is 17.7 Å². The van der Waals surface area contributed by atoms with Crippen LogP contribution in [-0.2, 0) is 0 Å². The van der Waals surface area contributed by atoms with Crippen LogP contribution in [0.1, 0.15) is 19.3 Å². The lowest BCUT2D eigenvalue weighted by Gasteiger charge is -2.06. The molecule has 0 aliphatic heterocycles. The molecular weight excluding hydrogens is 205 g/mol. The van der Waals surface area contributed by atoms with Gasteiger partial charge in [0.25, 0.3) is 0 Å². The summed E-state index contributed by atoms with van der Waals surface area (Å²) in [6, 6.07) is 5.39. The van der Waals surface area contributed by atoms with Crippen molar-refractivity contribution in [1.82, 2.24) is 4.98 Å². The standard InChI is InChI=1S/C10H13F3N2/c11-10(12,13)6-2-4-8-15-9-5-1-3-7-14-9/h1,3,5,7H,2,4,6,8H2,(H,14,15). The van der Waals surface area contributed by atoms with Crippen molar-refractivity contribution >= 4 is 5.82 Å². The van der Waals surface area contributed by atoms with Crippen LogP contribution in [0.4, 0.5) is 19.0 Å². The summed E-state index contributed by atoms with van der Waals surface area (Å²) in [5.41, 5.74) is 0. The summed E-state index contributed by atoms with van der Waals surface area (Å²) in [7, 11) is 0. The first-order valence-electron chi connectivity index (χ1n) is 4.79. The first kappa shape index (κ1) is 11.8. The third-order valence-corrected chi connectivity index (χ3v) is 1.86. The number of nitrogens with one attached hydrogen (secondary N) is 1. The van der Waals surface area contributed by atoms with E-state index in [2.05, 4.69) is 10.3 Å². The minimum absolute atomic E-state index is 0.156. The van der Waals surface area contributed by atoms with Crippen LogP contribution < -0.4 is 5.32 Å². The molecule has 0 aliphatic carbocycles. The van der Waals surface area contributed by atoms with Crippen LogP contribution in [0.3, 0.4) is 0 Å². The van der Waals surface area contributed by atoms with Gasteiger partial charge < -0.3 is 5.32 Å². The van der Waals surface area contributed by atoms with Crippen molar-refractivity contribution in [3.05, 3.63) is 24.4 Å². The van der Waals surface area contributed by atoms with Gasteiger partial charge in [-0.3, -0.25) is 0 Å². The van der Waals surface area contributed by atoms with Crippen LogP contribution in [0.25, 0.3) is 0 Å². The van der Waals surface area contributed by atoms with Crippen LogP contribution in [0.15, 0.2) is 24.4 Å². The normalized spacial score (nSPS) is 11.4. The molecule has 1 rings (SSSR count). The Bertz CT molecular complexity index is 272. The van der Waals surface area contributed by atoms with Crippen molar-refractivity contribution in [2.45, 2.75) is 25.4 Å². The topological polar surface area (TPSA) is 24.9 Å². The zero-order chi connectivity index (χ0) is 11.1. The molecule has 0 saturated heterocycles. The molecule has 84 valence electrons. The SMILES string of the molecule is FC(F)(F)CCCCNc1ccccn1. The van der Waals surface area contributed by atoms with Gasteiger partial charge in [0, 0.05) is 19.2 Å². The minimum Gasteiger partial charge on any atom is -0.370 e. The van der Waals surface area contributed by atoms with Crippen molar-refractivity contribution in [2.75, 3.05) is 11.9 Å². The molecule has 1 aromatic rings. The lowest BCUT2D eigenvalue weighted by atomic mass is 10.2. The highest BCUT2D eigenvalue weighted by Crippen LogP contribution is 2.21. The number of nitrogens with zero attached hydrogens (tertiary/aromatic N) is 1. The number of alkyl halides is 3. The summed E-state index contributed by atoms with van der Waals surface area (Å²) in [5, 5.41) is 2.95. The lowest BCUT2D eigenvalue weighted by Crippen LogP contribution is -2.09. The quantitative estimate of drug-likeness (QED) is 0.767. The van der Waals surface area contributed by atoms with Crippen molar-refractivity contribution in [3.63, 3.8) is 0 Å². The number of anilines is 1.